The number of amides is 1. The molecule has 0 aliphatic carbocycles. The first kappa shape index (κ1) is 17.3. The molecule has 1 fully saturated rings. The number of anilines is 1. The Morgan fingerprint density at radius 2 is 1.92 bits per heavy atom. The average molecular weight is 408 g/mol. The van der Waals surface area contributed by atoms with Gasteiger partial charge in [0, 0.05) is 36.8 Å². The lowest BCUT2D eigenvalue weighted by Crippen LogP contribution is -2.28. The van der Waals surface area contributed by atoms with Gasteiger partial charge in [0.2, 0.25) is 0 Å². The van der Waals surface area contributed by atoms with Crippen molar-refractivity contribution in [2.75, 3.05) is 25.0 Å². The van der Waals surface area contributed by atoms with E-state index in [2.05, 4.69) is 39.0 Å². The van der Waals surface area contributed by atoms with Crippen LogP contribution >= 0.6 is 27.5 Å². The third-order valence-corrected chi connectivity index (χ3v) is 5.16. The highest BCUT2D eigenvalue weighted by Crippen LogP contribution is 2.27. The Hall–Kier alpha value is -1.52. The molecule has 2 aromatic rings. The molecule has 3 nitrogen and oxygen atoms in total. The number of rotatable bonds is 4. The monoisotopic (exact) mass is 406 g/mol. The maximum absolute atomic E-state index is 12.7. The fraction of sp³-hybridized carbons (Fsp3) is 0.316. The summed E-state index contributed by atoms with van der Waals surface area (Å²) in [6.07, 6.45) is 2.47. The normalized spacial score (nSPS) is 14.0. The predicted molar refractivity (Wildman–Crippen MR) is 103 cm³/mol. The number of carbonyl (C=O) groups excluding carboxylic acids is 1. The number of halogens is 2. The van der Waals surface area contributed by atoms with E-state index in [0.29, 0.717) is 17.1 Å². The number of nitrogens with zero attached hydrogens (tertiary/aromatic N) is 2. The summed E-state index contributed by atoms with van der Waals surface area (Å²) in [5.41, 5.74) is 2.93. The quantitative estimate of drug-likeness (QED) is 0.714. The Kier molecular flexibility index (Phi) is 5.47. The Labute approximate surface area is 156 Å². The number of para-hydroxylation sites is 1. The lowest BCUT2D eigenvalue weighted by Gasteiger charge is -2.24. The third-order valence-electron chi connectivity index (χ3n) is 4.35. The van der Waals surface area contributed by atoms with Gasteiger partial charge in [-0.15, -0.1) is 0 Å². The van der Waals surface area contributed by atoms with Crippen molar-refractivity contribution in [3.8, 4) is 0 Å². The van der Waals surface area contributed by atoms with Crippen LogP contribution in [0.25, 0.3) is 0 Å². The Morgan fingerprint density at radius 1 is 1.21 bits per heavy atom. The van der Waals surface area contributed by atoms with Crippen molar-refractivity contribution < 1.29 is 4.79 Å². The first-order valence-electron chi connectivity index (χ1n) is 8.09. The first-order chi connectivity index (χ1) is 11.6. The molecular formula is C19H20BrClN2O. The second kappa shape index (κ2) is 7.58. The molecule has 24 heavy (non-hydrogen) atoms. The van der Waals surface area contributed by atoms with E-state index in [1.54, 1.807) is 17.0 Å². The molecule has 1 aliphatic heterocycles. The molecule has 3 rings (SSSR count). The van der Waals surface area contributed by atoms with Crippen molar-refractivity contribution in [2.24, 2.45) is 0 Å². The molecule has 1 saturated heterocycles. The van der Waals surface area contributed by atoms with Crippen LogP contribution in [0.1, 0.15) is 28.8 Å². The minimum atomic E-state index is -0.0660. The van der Waals surface area contributed by atoms with Crippen LogP contribution < -0.4 is 4.90 Å². The molecule has 1 heterocycles. The lowest BCUT2D eigenvalue weighted by molar-refractivity contribution is 0.0785. The summed E-state index contributed by atoms with van der Waals surface area (Å²) >= 11 is 9.59. The van der Waals surface area contributed by atoms with Crippen molar-refractivity contribution in [2.45, 2.75) is 19.4 Å². The van der Waals surface area contributed by atoms with Crippen molar-refractivity contribution in [1.29, 1.82) is 0 Å². The molecule has 0 aromatic heterocycles. The van der Waals surface area contributed by atoms with Crippen molar-refractivity contribution in [3.05, 3.63) is 63.1 Å². The summed E-state index contributed by atoms with van der Waals surface area (Å²) in [6.45, 7) is 2.75. The van der Waals surface area contributed by atoms with Gasteiger partial charge in [0.05, 0.1) is 10.6 Å². The Bertz CT molecular complexity index is 744. The fourth-order valence-corrected chi connectivity index (χ4v) is 3.86. The molecule has 0 saturated carbocycles. The molecule has 0 spiro atoms. The first-order valence-corrected chi connectivity index (χ1v) is 9.27. The molecule has 0 radical (unpaired) electrons. The lowest BCUT2D eigenvalue weighted by atomic mass is 10.1. The Morgan fingerprint density at radius 3 is 2.62 bits per heavy atom. The maximum atomic E-state index is 12.7. The number of hydrogen-bond acceptors (Lipinski definition) is 2. The van der Waals surface area contributed by atoms with Gasteiger partial charge in [0.15, 0.2) is 0 Å². The zero-order chi connectivity index (χ0) is 17.1. The largest absolute Gasteiger partial charge is 0.371 e. The van der Waals surface area contributed by atoms with E-state index in [4.69, 9.17) is 11.6 Å². The van der Waals surface area contributed by atoms with Crippen LogP contribution in [0.15, 0.2) is 46.9 Å². The molecular weight excluding hydrogens is 388 g/mol. The summed E-state index contributed by atoms with van der Waals surface area (Å²) in [4.78, 5) is 16.9. The van der Waals surface area contributed by atoms with E-state index in [1.807, 2.05) is 19.2 Å². The molecule has 0 N–H and O–H groups in total. The molecule has 0 unspecified atom stereocenters. The summed E-state index contributed by atoms with van der Waals surface area (Å²) in [6, 6.07) is 13.7. The molecule has 2 aromatic carbocycles. The molecule has 0 bridgehead atoms. The molecule has 126 valence electrons. The summed E-state index contributed by atoms with van der Waals surface area (Å²) in [5.74, 6) is -0.0660. The van der Waals surface area contributed by atoms with Crippen LogP contribution in [0.2, 0.25) is 5.02 Å². The van der Waals surface area contributed by atoms with E-state index in [-0.39, 0.29) is 5.91 Å². The van der Waals surface area contributed by atoms with Gasteiger partial charge in [-0.3, -0.25) is 4.79 Å². The average Bonchev–Trinajstić information content (AvgIpc) is 3.09. The molecule has 5 heteroatoms. The van der Waals surface area contributed by atoms with Crippen LogP contribution in [0.3, 0.4) is 0 Å². The highest BCUT2D eigenvalue weighted by Gasteiger charge is 2.19. The number of carbonyl (C=O) groups is 1. The van der Waals surface area contributed by atoms with Crippen LogP contribution in [0, 0.1) is 0 Å². The number of benzene rings is 2. The maximum Gasteiger partial charge on any atom is 0.255 e. The van der Waals surface area contributed by atoms with Gasteiger partial charge in [-0.1, -0.05) is 45.7 Å². The van der Waals surface area contributed by atoms with E-state index in [0.717, 1.165) is 17.6 Å². The third kappa shape index (κ3) is 3.76. The van der Waals surface area contributed by atoms with Crippen LogP contribution in [0.5, 0.6) is 0 Å². The van der Waals surface area contributed by atoms with Gasteiger partial charge in [-0.25, -0.2) is 0 Å². The van der Waals surface area contributed by atoms with E-state index >= 15 is 0 Å². The SMILES string of the molecule is CN(Cc1ccccc1N1CCCC1)C(=O)c1ccc(Br)cc1Cl. The van der Waals surface area contributed by atoms with E-state index in [1.165, 1.54) is 24.1 Å². The zero-order valence-electron chi connectivity index (χ0n) is 13.6. The minimum Gasteiger partial charge on any atom is -0.371 e. The van der Waals surface area contributed by atoms with Gasteiger partial charge < -0.3 is 9.80 Å². The van der Waals surface area contributed by atoms with Crippen molar-refractivity contribution >= 4 is 39.1 Å². The van der Waals surface area contributed by atoms with E-state index < -0.39 is 0 Å². The summed E-state index contributed by atoms with van der Waals surface area (Å²) in [5, 5.41) is 0.467. The fourth-order valence-electron chi connectivity index (χ4n) is 3.11. The topological polar surface area (TPSA) is 23.6 Å². The van der Waals surface area contributed by atoms with Crippen LogP contribution in [0.4, 0.5) is 5.69 Å². The summed E-state index contributed by atoms with van der Waals surface area (Å²) < 4.78 is 0.867. The van der Waals surface area contributed by atoms with Crippen LogP contribution in [-0.4, -0.2) is 30.9 Å². The molecule has 1 amide bonds. The smallest absolute Gasteiger partial charge is 0.255 e. The van der Waals surface area contributed by atoms with Crippen molar-refractivity contribution in [1.82, 2.24) is 4.90 Å². The zero-order valence-corrected chi connectivity index (χ0v) is 16.0. The van der Waals surface area contributed by atoms with E-state index in [9.17, 15) is 4.79 Å². The van der Waals surface area contributed by atoms with Crippen LogP contribution in [-0.2, 0) is 6.54 Å². The van der Waals surface area contributed by atoms with Gasteiger partial charge >= 0.3 is 0 Å². The van der Waals surface area contributed by atoms with Gasteiger partial charge in [0.25, 0.3) is 5.91 Å². The standard InChI is InChI=1S/C19H20BrClN2O/c1-22(19(24)16-9-8-15(20)12-17(16)21)13-14-6-2-3-7-18(14)23-10-4-5-11-23/h2-3,6-9,12H,4-5,10-11,13H2,1H3. The second-order valence-corrected chi connectivity index (χ2v) is 7.43. The second-order valence-electron chi connectivity index (χ2n) is 6.11. The highest BCUT2D eigenvalue weighted by atomic mass is 79.9. The minimum absolute atomic E-state index is 0.0660. The van der Waals surface area contributed by atoms with Gasteiger partial charge in [0.1, 0.15) is 0 Å². The number of hydrogen-bond donors (Lipinski definition) is 0. The highest BCUT2D eigenvalue weighted by molar-refractivity contribution is 9.10. The molecule has 1 aliphatic rings. The molecule has 0 atom stereocenters. The Balaban J connectivity index is 1.79. The summed E-state index contributed by atoms with van der Waals surface area (Å²) in [7, 11) is 1.82. The van der Waals surface area contributed by atoms with Crippen molar-refractivity contribution in [3.63, 3.8) is 0 Å². The predicted octanol–water partition coefficient (Wildman–Crippen LogP) is 4.97. The van der Waals surface area contributed by atoms with Gasteiger partial charge in [-0.2, -0.15) is 0 Å². The van der Waals surface area contributed by atoms with Gasteiger partial charge in [-0.05, 0) is 42.7 Å².